The second kappa shape index (κ2) is 4.29. The fraction of sp³-hybridized carbons (Fsp3) is 0.455. The van der Waals surface area contributed by atoms with Crippen molar-refractivity contribution in [1.82, 2.24) is 0 Å². The molecule has 0 aliphatic carbocycles. The second-order valence-corrected chi connectivity index (χ2v) is 4.34. The zero-order valence-electron chi connectivity index (χ0n) is 9.52. The minimum Gasteiger partial charge on any atom is -0.364 e. The van der Waals surface area contributed by atoms with Gasteiger partial charge in [-0.15, -0.1) is 0 Å². The summed E-state index contributed by atoms with van der Waals surface area (Å²) in [5, 5.41) is 10.9. The molecule has 17 heavy (non-hydrogen) atoms. The van der Waals surface area contributed by atoms with E-state index >= 15 is 0 Å². The topological polar surface area (TPSA) is 72.4 Å². The molecule has 2 N–H and O–H groups in total. The zero-order chi connectivity index (χ0) is 12.6. The minimum atomic E-state index is -0.554. The predicted octanol–water partition coefficient (Wildman–Crippen LogP) is 1.58. The molecule has 0 radical (unpaired) electrons. The molecule has 0 amide bonds. The number of nitrogens with zero attached hydrogens (tertiary/aromatic N) is 2. The summed E-state index contributed by atoms with van der Waals surface area (Å²) in [7, 11) is 0. The van der Waals surface area contributed by atoms with Crippen molar-refractivity contribution in [3.8, 4) is 0 Å². The standard InChI is InChI=1S/C11H14FN3O2/c1-7-4-10(14-3-2-8(13)6-14)11(15(16)17)5-9(7)12/h4-5,8H,2-3,6,13H2,1H3. The quantitative estimate of drug-likeness (QED) is 0.628. The Hall–Kier alpha value is -1.69. The molecule has 2 rings (SSSR count). The van der Waals surface area contributed by atoms with E-state index in [9.17, 15) is 14.5 Å². The van der Waals surface area contributed by atoms with Crippen LogP contribution in [0.3, 0.4) is 0 Å². The molecule has 1 saturated heterocycles. The number of halogens is 1. The van der Waals surface area contributed by atoms with Crippen LogP contribution in [-0.2, 0) is 0 Å². The zero-order valence-corrected chi connectivity index (χ0v) is 9.52. The van der Waals surface area contributed by atoms with E-state index in [1.807, 2.05) is 4.90 Å². The molecular formula is C11H14FN3O2. The highest BCUT2D eigenvalue weighted by atomic mass is 19.1. The third kappa shape index (κ3) is 2.21. The first-order valence-electron chi connectivity index (χ1n) is 5.44. The van der Waals surface area contributed by atoms with Crippen LogP contribution < -0.4 is 10.6 Å². The van der Waals surface area contributed by atoms with Crippen molar-refractivity contribution < 1.29 is 9.31 Å². The van der Waals surface area contributed by atoms with Gasteiger partial charge in [0.25, 0.3) is 5.69 Å². The molecule has 1 aromatic carbocycles. The Labute approximate surface area is 98.2 Å². The number of hydrogen-bond donors (Lipinski definition) is 1. The molecule has 1 aliphatic rings. The van der Waals surface area contributed by atoms with E-state index in [1.54, 1.807) is 6.92 Å². The predicted molar refractivity (Wildman–Crippen MR) is 62.6 cm³/mol. The number of rotatable bonds is 2. The lowest BCUT2D eigenvalue weighted by Crippen LogP contribution is -2.26. The van der Waals surface area contributed by atoms with Crippen molar-refractivity contribution in [2.24, 2.45) is 5.73 Å². The smallest absolute Gasteiger partial charge is 0.295 e. The molecule has 0 spiro atoms. The lowest BCUT2D eigenvalue weighted by atomic mass is 10.1. The van der Waals surface area contributed by atoms with E-state index < -0.39 is 10.7 Å². The molecule has 6 heteroatoms. The summed E-state index contributed by atoms with van der Waals surface area (Å²) in [4.78, 5) is 12.2. The fourth-order valence-electron chi connectivity index (χ4n) is 2.06. The number of aryl methyl sites for hydroxylation is 1. The van der Waals surface area contributed by atoms with Crippen LogP contribution in [0.25, 0.3) is 0 Å². The number of anilines is 1. The molecule has 0 bridgehead atoms. The molecule has 5 nitrogen and oxygen atoms in total. The first-order chi connectivity index (χ1) is 7.99. The normalized spacial score (nSPS) is 19.7. The molecule has 0 aromatic heterocycles. The van der Waals surface area contributed by atoms with Gasteiger partial charge in [0.2, 0.25) is 0 Å². The third-order valence-corrected chi connectivity index (χ3v) is 3.02. The van der Waals surface area contributed by atoms with Gasteiger partial charge in [0.1, 0.15) is 11.5 Å². The maximum absolute atomic E-state index is 13.3. The van der Waals surface area contributed by atoms with Crippen LogP contribution in [-0.4, -0.2) is 24.1 Å². The van der Waals surface area contributed by atoms with Crippen LogP contribution in [0.5, 0.6) is 0 Å². The average Bonchev–Trinajstić information content (AvgIpc) is 2.68. The Morgan fingerprint density at radius 3 is 2.82 bits per heavy atom. The molecule has 0 saturated carbocycles. The Morgan fingerprint density at radius 2 is 2.29 bits per heavy atom. The Kier molecular flexibility index (Phi) is 2.97. The molecule has 92 valence electrons. The summed E-state index contributed by atoms with van der Waals surface area (Å²) >= 11 is 0. The minimum absolute atomic E-state index is 0.0277. The molecule has 1 unspecified atom stereocenters. The van der Waals surface area contributed by atoms with E-state index in [1.165, 1.54) is 6.07 Å². The second-order valence-electron chi connectivity index (χ2n) is 4.34. The maximum Gasteiger partial charge on any atom is 0.295 e. The molecular weight excluding hydrogens is 225 g/mol. The van der Waals surface area contributed by atoms with Gasteiger partial charge in [0, 0.05) is 19.1 Å². The van der Waals surface area contributed by atoms with Gasteiger partial charge in [0.05, 0.1) is 11.0 Å². The first kappa shape index (κ1) is 11.8. The van der Waals surface area contributed by atoms with Crippen LogP contribution >= 0.6 is 0 Å². The summed E-state index contributed by atoms with van der Waals surface area (Å²) in [5.74, 6) is -0.552. The van der Waals surface area contributed by atoms with Crippen LogP contribution in [0, 0.1) is 22.9 Å². The number of nitrogens with two attached hydrogens (primary N) is 1. The van der Waals surface area contributed by atoms with E-state index in [4.69, 9.17) is 5.73 Å². The molecule has 1 heterocycles. The number of nitro groups is 1. The Morgan fingerprint density at radius 1 is 1.59 bits per heavy atom. The third-order valence-electron chi connectivity index (χ3n) is 3.02. The van der Waals surface area contributed by atoms with Gasteiger partial charge in [-0.1, -0.05) is 0 Å². The van der Waals surface area contributed by atoms with E-state index in [-0.39, 0.29) is 11.7 Å². The van der Waals surface area contributed by atoms with Crippen molar-refractivity contribution in [1.29, 1.82) is 0 Å². The van der Waals surface area contributed by atoms with Crippen molar-refractivity contribution in [3.63, 3.8) is 0 Å². The van der Waals surface area contributed by atoms with Gasteiger partial charge in [-0.3, -0.25) is 10.1 Å². The molecule has 1 fully saturated rings. The van der Waals surface area contributed by atoms with Crippen molar-refractivity contribution in [3.05, 3.63) is 33.6 Å². The van der Waals surface area contributed by atoms with Gasteiger partial charge in [-0.25, -0.2) is 4.39 Å². The average molecular weight is 239 g/mol. The summed E-state index contributed by atoms with van der Waals surface area (Å²) in [6, 6.07) is 2.53. The Bertz CT molecular complexity index is 464. The highest BCUT2D eigenvalue weighted by Gasteiger charge is 2.26. The fourth-order valence-corrected chi connectivity index (χ4v) is 2.06. The molecule has 1 aliphatic heterocycles. The van der Waals surface area contributed by atoms with Crippen LogP contribution in [0.2, 0.25) is 0 Å². The van der Waals surface area contributed by atoms with Gasteiger partial charge < -0.3 is 10.6 Å². The summed E-state index contributed by atoms with van der Waals surface area (Å²) in [5.41, 5.74) is 6.45. The van der Waals surface area contributed by atoms with Crippen molar-refractivity contribution >= 4 is 11.4 Å². The number of benzene rings is 1. The lowest BCUT2D eigenvalue weighted by molar-refractivity contribution is -0.384. The lowest BCUT2D eigenvalue weighted by Gasteiger charge is -2.18. The van der Waals surface area contributed by atoms with Crippen LogP contribution in [0.1, 0.15) is 12.0 Å². The van der Waals surface area contributed by atoms with Crippen LogP contribution in [0.15, 0.2) is 12.1 Å². The number of nitro benzene ring substituents is 1. The maximum atomic E-state index is 13.3. The molecule has 1 aromatic rings. The SMILES string of the molecule is Cc1cc(N2CCC(N)C2)c([N+](=O)[O-])cc1F. The van der Waals surface area contributed by atoms with Gasteiger partial charge in [0.15, 0.2) is 0 Å². The highest BCUT2D eigenvalue weighted by Crippen LogP contribution is 2.32. The molecule has 1 atom stereocenters. The largest absolute Gasteiger partial charge is 0.364 e. The van der Waals surface area contributed by atoms with Gasteiger partial charge >= 0.3 is 0 Å². The monoisotopic (exact) mass is 239 g/mol. The summed E-state index contributed by atoms with van der Waals surface area (Å²) < 4.78 is 13.3. The van der Waals surface area contributed by atoms with E-state index in [0.717, 1.165) is 12.5 Å². The summed E-state index contributed by atoms with van der Waals surface area (Å²) in [6.07, 6.45) is 0.799. The van der Waals surface area contributed by atoms with Crippen molar-refractivity contribution in [2.75, 3.05) is 18.0 Å². The van der Waals surface area contributed by atoms with E-state index in [2.05, 4.69) is 0 Å². The highest BCUT2D eigenvalue weighted by molar-refractivity contribution is 5.65. The first-order valence-corrected chi connectivity index (χ1v) is 5.44. The summed E-state index contributed by atoms with van der Waals surface area (Å²) in [6.45, 7) is 2.84. The van der Waals surface area contributed by atoms with Crippen LogP contribution in [0.4, 0.5) is 15.8 Å². The number of hydrogen-bond acceptors (Lipinski definition) is 4. The van der Waals surface area contributed by atoms with Crippen molar-refractivity contribution in [2.45, 2.75) is 19.4 Å². The Balaban J connectivity index is 2.44. The van der Waals surface area contributed by atoms with E-state index in [0.29, 0.717) is 24.3 Å². The van der Waals surface area contributed by atoms with Gasteiger partial charge in [-0.2, -0.15) is 0 Å². The van der Waals surface area contributed by atoms with Gasteiger partial charge in [-0.05, 0) is 25.0 Å².